The zero-order valence-corrected chi connectivity index (χ0v) is 18.2. The largest absolute Gasteiger partial charge is 2.00 e. The summed E-state index contributed by atoms with van der Waals surface area (Å²) < 4.78 is 0. The Morgan fingerprint density at radius 3 is 1.77 bits per heavy atom. The van der Waals surface area contributed by atoms with Crippen molar-refractivity contribution in [1.82, 2.24) is 21.3 Å². The van der Waals surface area contributed by atoms with Crippen molar-refractivity contribution in [3.8, 4) is 0 Å². The van der Waals surface area contributed by atoms with E-state index >= 15 is 0 Å². The molecule has 26 heavy (non-hydrogen) atoms. The van der Waals surface area contributed by atoms with Crippen LogP contribution >= 0.6 is 12.2 Å². The third-order valence-electron chi connectivity index (χ3n) is 2.28. The van der Waals surface area contributed by atoms with E-state index in [1.807, 2.05) is 41.2 Å². The fourth-order valence-corrected chi connectivity index (χ4v) is 1.64. The molecule has 1 rings (SSSR count). The van der Waals surface area contributed by atoms with E-state index in [2.05, 4.69) is 10.7 Å². The molecule has 0 atom stereocenters. The number of nitrogens with two attached hydrogens (primary N) is 2. The van der Waals surface area contributed by atoms with Crippen molar-refractivity contribution < 1.29 is 71.3 Å². The predicted molar refractivity (Wildman–Crippen MR) is 89.3 cm³/mol. The third kappa shape index (κ3) is 15.4. The molecule has 0 bridgehead atoms. The number of nitrogens with one attached hydrogen (secondary N) is 4. The van der Waals surface area contributed by atoms with Gasteiger partial charge in [-0.05, 0) is 24.4 Å². The van der Waals surface area contributed by atoms with Crippen LogP contribution in [-0.4, -0.2) is 46.0 Å². The van der Waals surface area contributed by atoms with Crippen molar-refractivity contribution in [2.75, 3.05) is 18.4 Å². The quantitative estimate of drug-likeness (QED) is 0.0844. The van der Waals surface area contributed by atoms with Crippen molar-refractivity contribution in [1.29, 1.82) is 0 Å². The number of thiocarbonyl (C=S) groups is 1. The standard InChI is InChI=1S/C11H17N7O2S.2BrH.Co.2H2O/c12-15-9(19)6-18(7-10(20)16-13)17-11(21)14-8-4-2-1-3-5-8;;;;;/h1-5H,6-7,12-13H2,(H,15,19)(H,16,20)(H2,14,17,21);2*1H;;2*1H2/q;;;+2;;/p-2. The molecule has 2 amide bonds. The van der Waals surface area contributed by atoms with Gasteiger partial charge in [-0.2, -0.15) is 0 Å². The molecule has 1 aromatic rings. The van der Waals surface area contributed by atoms with Crippen molar-refractivity contribution in [3.05, 3.63) is 30.3 Å². The molecule has 1 radical (unpaired) electrons. The molecule has 0 spiro atoms. The topological polar surface area (TPSA) is 201 Å². The minimum absolute atomic E-state index is 0. The number of carbonyl (C=O) groups is 2. The second-order valence-electron chi connectivity index (χ2n) is 3.92. The van der Waals surface area contributed by atoms with Crippen LogP contribution in [-0.2, 0) is 26.4 Å². The van der Waals surface area contributed by atoms with Crippen molar-refractivity contribution >= 4 is 34.8 Å². The number of benzene rings is 1. The summed E-state index contributed by atoms with van der Waals surface area (Å²) in [6.07, 6.45) is 0. The van der Waals surface area contributed by atoms with Crippen molar-refractivity contribution in [2.45, 2.75) is 0 Å². The Morgan fingerprint density at radius 2 is 1.38 bits per heavy atom. The predicted octanol–water partition coefficient (Wildman–Crippen LogP) is -9.47. The Labute approximate surface area is 187 Å². The molecule has 0 aliphatic rings. The van der Waals surface area contributed by atoms with Gasteiger partial charge >= 0.3 is 16.8 Å². The number of hydrogen-bond donors (Lipinski definition) is 6. The van der Waals surface area contributed by atoms with E-state index in [1.165, 1.54) is 5.01 Å². The Kier molecular flexibility index (Phi) is 28.4. The maximum atomic E-state index is 11.3. The molecular weight excluding hydrogens is 545 g/mol. The number of hydrogen-bond acceptors (Lipinski definition) is 6. The van der Waals surface area contributed by atoms with E-state index in [4.69, 9.17) is 23.9 Å². The van der Waals surface area contributed by atoms with Gasteiger partial charge in [-0.1, -0.05) is 18.2 Å². The van der Waals surface area contributed by atoms with Gasteiger partial charge in [0.15, 0.2) is 5.11 Å². The van der Waals surface area contributed by atoms with Gasteiger partial charge in [-0.25, -0.2) is 16.7 Å². The summed E-state index contributed by atoms with van der Waals surface area (Å²) in [7, 11) is 0. The third-order valence-corrected chi connectivity index (χ3v) is 2.48. The zero-order valence-electron chi connectivity index (χ0n) is 13.2. The number of para-hydroxylation sites is 1. The van der Waals surface area contributed by atoms with E-state index < -0.39 is 11.8 Å². The Bertz CT molecular complexity index is 501. The normalized spacial score (nSPS) is 7.96. The second kappa shape index (κ2) is 20.4. The van der Waals surface area contributed by atoms with Crippen LogP contribution in [0.25, 0.3) is 0 Å². The van der Waals surface area contributed by atoms with Crippen LogP contribution in [0.5, 0.6) is 0 Å². The van der Waals surface area contributed by atoms with Crippen LogP contribution in [0.3, 0.4) is 0 Å². The van der Waals surface area contributed by atoms with Gasteiger partial charge in [0.2, 0.25) is 11.8 Å². The van der Waals surface area contributed by atoms with Crippen LogP contribution in [0.4, 0.5) is 5.69 Å². The van der Waals surface area contributed by atoms with E-state index in [1.54, 1.807) is 0 Å². The van der Waals surface area contributed by atoms with Crippen molar-refractivity contribution in [3.63, 3.8) is 0 Å². The second-order valence-corrected chi connectivity index (χ2v) is 4.33. The molecule has 0 aromatic heterocycles. The summed E-state index contributed by atoms with van der Waals surface area (Å²) in [5.41, 5.74) is 7.41. The molecule has 0 saturated carbocycles. The first-order valence-electron chi connectivity index (χ1n) is 5.91. The molecule has 0 aliphatic carbocycles. The van der Waals surface area contributed by atoms with Crippen molar-refractivity contribution in [2.24, 2.45) is 11.7 Å². The average Bonchev–Trinajstić information content (AvgIpc) is 2.47. The Morgan fingerprint density at radius 1 is 0.962 bits per heavy atom. The molecule has 0 heterocycles. The molecular formula is C11H21Br2CoN7O4S. The molecule has 0 unspecified atom stereocenters. The molecule has 11 nitrogen and oxygen atoms in total. The first kappa shape index (κ1) is 36.1. The minimum Gasteiger partial charge on any atom is -1.00 e. The van der Waals surface area contributed by atoms with Gasteiger partial charge in [-0.3, -0.25) is 25.9 Å². The average molecular weight is 566 g/mol. The van der Waals surface area contributed by atoms with E-state index in [-0.39, 0.29) is 79.9 Å². The van der Waals surface area contributed by atoms with Gasteiger partial charge in [0.05, 0.1) is 13.1 Å². The Balaban J connectivity index is -0.000000294. The Hall–Kier alpha value is -0.884. The number of rotatable bonds is 6. The fraction of sp³-hybridized carbons (Fsp3) is 0.182. The molecule has 0 fully saturated rings. The first-order chi connectivity index (χ1) is 10.0. The molecule has 15 heteroatoms. The van der Waals surface area contributed by atoms with E-state index in [0.29, 0.717) is 0 Å². The maximum Gasteiger partial charge on any atom is 2.00 e. The zero-order chi connectivity index (χ0) is 15.7. The molecule has 0 saturated heterocycles. The van der Waals surface area contributed by atoms with Crippen LogP contribution in [0.2, 0.25) is 0 Å². The van der Waals surface area contributed by atoms with Crippen LogP contribution in [0.15, 0.2) is 30.3 Å². The molecule has 153 valence electrons. The van der Waals surface area contributed by atoms with Gasteiger partial charge in [0.25, 0.3) is 0 Å². The summed E-state index contributed by atoms with van der Waals surface area (Å²) in [5, 5.41) is 4.39. The maximum absolute atomic E-state index is 11.3. The number of nitrogens with zero attached hydrogens (tertiary/aromatic N) is 1. The number of amides is 2. The summed E-state index contributed by atoms with van der Waals surface area (Å²) in [4.78, 5) is 22.6. The van der Waals surface area contributed by atoms with Gasteiger partial charge < -0.3 is 50.2 Å². The minimum atomic E-state index is -0.491. The smallest absolute Gasteiger partial charge is 1.00 e. The van der Waals surface area contributed by atoms with Gasteiger partial charge in [0.1, 0.15) is 0 Å². The monoisotopic (exact) mass is 564 g/mol. The van der Waals surface area contributed by atoms with E-state index in [0.717, 1.165) is 5.69 Å². The van der Waals surface area contributed by atoms with E-state index in [9.17, 15) is 9.59 Å². The molecule has 1 aromatic carbocycles. The summed E-state index contributed by atoms with van der Waals surface area (Å²) in [6.45, 7) is -0.360. The summed E-state index contributed by atoms with van der Waals surface area (Å²) in [6, 6.07) is 9.18. The molecule has 0 aliphatic heterocycles. The van der Waals surface area contributed by atoms with Gasteiger partial charge in [-0.15, -0.1) is 0 Å². The van der Waals surface area contributed by atoms with Crippen LogP contribution in [0, 0.1) is 0 Å². The van der Waals surface area contributed by atoms with Crippen LogP contribution < -0.4 is 67.2 Å². The number of anilines is 1. The number of hydrazine groups is 3. The van der Waals surface area contributed by atoms with Crippen LogP contribution in [0.1, 0.15) is 0 Å². The summed E-state index contributed by atoms with van der Waals surface area (Å²) >= 11 is 5.10. The SMILES string of the molecule is NNC(=O)CN(CC(=O)NN)NC(=S)Nc1ccccc1.O.O.[Br-].[Br-].[Co+2]. The van der Waals surface area contributed by atoms with Gasteiger partial charge in [0, 0.05) is 5.69 Å². The molecule has 12 N–H and O–H groups in total. The fourth-order valence-electron chi connectivity index (χ4n) is 1.40. The number of carbonyl (C=O) groups excluding carboxylic acids is 2. The summed E-state index contributed by atoms with van der Waals surface area (Å²) in [5.74, 6) is 9.04. The first-order valence-corrected chi connectivity index (χ1v) is 6.32. The number of halogens is 2.